The fourth-order valence-corrected chi connectivity index (χ4v) is 2.55. The molecule has 0 radical (unpaired) electrons. The van der Waals surface area contributed by atoms with Crippen LogP contribution in [-0.4, -0.2) is 0 Å². The summed E-state index contributed by atoms with van der Waals surface area (Å²) >= 11 is 8.84. The number of hydrogen-bond acceptors (Lipinski definition) is 2. The topological polar surface area (TPSA) is 0 Å². The molecule has 0 amide bonds. The van der Waals surface area contributed by atoms with E-state index in [0.29, 0.717) is 0 Å². The Bertz CT molecular complexity index is 445. The molecule has 1 rings (SSSR count). The van der Waals surface area contributed by atoms with Gasteiger partial charge in [0.05, 0.1) is 0 Å². The smallest absolute Gasteiger partial charge is 0.0176 e. The van der Waals surface area contributed by atoms with Gasteiger partial charge in [-0.05, 0) is 59.6 Å². The Morgan fingerprint density at radius 2 is 1.65 bits per heavy atom. The van der Waals surface area contributed by atoms with Crippen LogP contribution in [0.3, 0.4) is 0 Å². The highest BCUT2D eigenvalue weighted by Gasteiger charge is 2.08. The molecule has 0 aromatic heterocycles. The van der Waals surface area contributed by atoms with Gasteiger partial charge in [0.15, 0.2) is 0 Å². The molecule has 112 valence electrons. The third-order valence-electron chi connectivity index (χ3n) is 3.57. The molecule has 0 unspecified atom stereocenters. The van der Waals surface area contributed by atoms with Crippen LogP contribution >= 0.6 is 25.3 Å². The van der Waals surface area contributed by atoms with Gasteiger partial charge in [0.2, 0.25) is 0 Å². The largest absolute Gasteiger partial charge is 0.150 e. The summed E-state index contributed by atoms with van der Waals surface area (Å²) in [6, 6.07) is 6.86. The molecule has 0 heterocycles. The van der Waals surface area contributed by atoms with Crippen LogP contribution in [0.15, 0.2) is 23.6 Å². The molecule has 0 aliphatic carbocycles. The number of hydrogen-bond donors (Lipinski definition) is 2. The van der Waals surface area contributed by atoms with Crippen molar-refractivity contribution in [2.45, 2.75) is 53.4 Å². The van der Waals surface area contributed by atoms with E-state index >= 15 is 0 Å². The third-order valence-corrected chi connectivity index (χ3v) is 4.41. The summed E-state index contributed by atoms with van der Waals surface area (Å²) < 4.78 is 0. The average molecular weight is 309 g/mol. The molecule has 0 aliphatic rings. The Morgan fingerprint density at radius 1 is 1.05 bits per heavy atom. The van der Waals surface area contributed by atoms with Crippen molar-refractivity contribution in [1.82, 2.24) is 0 Å². The lowest BCUT2D eigenvalue weighted by Gasteiger charge is -2.13. The van der Waals surface area contributed by atoms with Gasteiger partial charge in [-0.25, -0.2) is 0 Å². The van der Waals surface area contributed by atoms with Crippen LogP contribution in [0, 0.1) is 11.8 Å². The summed E-state index contributed by atoms with van der Waals surface area (Å²) in [5.74, 6) is 1.47. The van der Waals surface area contributed by atoms with Crippen LogP contribution in [0.4, 0.5) is 0 Å². The van der Waals surface area contributed by atoms with Crippen LogP contribution < -0.4 is 0 Å². The minimum absolute atomic E-state index is 0.729. The Labute approximate surface area is 135 Å². The number of rotatable bonds is 7. The quantitative estimate of drug-likeness (QED) is 0.565. The van der Waals surface area contributed by atoms with Gasteiger partial charge in [-0.15, -0.1) is 12.6 Å². The number of aryl methyl sites for hydroxylation is 2. The van der Waals surface area contributed by atoms with E-state index in [4.69, 9.17) is 0 Å². The second kappa shape index (κ2) is 8.84. The second-order valence-electron chi connectivity index (χ2n) is 6.37. The van der Waals surface area contributed by atoms with Crippen molar-refractivity contribution in [2.75, 3.05) is 0 Å². The van der Waals surface area contributed by atoms with Crippen LogP contribution in [0.5, 0.6) is 0 Å². The first-order valence-corrected chi connectivity index (χ1v) is 8.56. The summed E-state index contributed by atoms with van der Waals surface area (Å²) in [7, 11) is 0. The van der Waals surface area contributed by atoms with Gasteiger partial charge in [-0.3, -0.25) is 0 Å². The van der Waals surface area contributed by atoms with Crippen molar-refractivity contribution >= 4 is 30.2 Å². The molecule has 0 bridgehead atoms. The highest BCUT2D eigenvalue weighted by molar-refractivity contribution is 7.92. The summed E-state index contributed by atoms with van der Waals surface area (Å²) in [5.41, 5.74) is 4.05. The molecule has 0 nitrogen and oxygen atoms in total. The number of thiol groups is 2. The summed E-state index contributed by atoms with van der Waals surface area (Å²) in [4.78, 5) is 0.971. The van der Waals surface area contributed by atoms with Crippen molar-refractivity contribution < 1.29 is 0 Å². The monoisotopic (exact) mass is 308 g/mol. The normalized spacial score (nSPS) is 12.5. The van der Waals surface area contributed by atoms with E-state index in [1.54, 1.807) is 5.41 Å². The highest BCUT2D eigenvalue weighted by atomic mass is 32.1. The standard InChI is InChI=1S/C18H28S2/c1-13(2)5-7-15-8-10-16(9-6-14(3)4)17(11-15)18(20)12-19/h8,10-14,19-20H,5-7,9H2,1-4H3. The molecule has 0 aliphatic heterocycles. The second-order valence-corrected chi connectivity index (χ2v) is 7.11. The van der Waals surface area contributed by atoms with Gasteiger partial charge < -0.3 is 0 Å². The van der Waals surface area contributed by atoms with Gasteiger partial charge in [0, 0.05) is 4.91 Å². The van der Waals surface area contributed by atoms with Gasteiger partial charge in [-0.1, -0.05) is 45.9 Å². The molecule has 0 fully saturated rings. The minimum Gasteiger partial charge on any atom is -0.150 e. The van der Waals surface area contributed by atoms with E-state index in [1.165, 1.54) is 29.5 Å². The molecule has 1 aromatic carbocycles. The fraction of sp³-hybridized carbons (Fsp3) is 0.556. The average Bonchev–Trinajstić information content (AvgIpc) is 2.42. The SMILES string of the molecule is CC(C)CCc1ccc(CCC(C)C)c(C(S)=CS)c1. The minimum atomic E-state index is 0.729. The molecule has 20 heavy (non-hydrogen) atoms. The van der Waals surface area contributed by atoms with Gasteiger partial charge >= 0.3 is 0 Å². The van der Waals surface area contributed by atoms with E-state index in [-0.39, 0.29) is 0 Å². The Morgan fingerprint density at radius 3 is 2.20 bits per heavy atom. The molecule has 0 saturated carbocycles. The summed E-state index contributed by atoms with van der Waals surface area (Å²) in [6.45, 7) is 9.09. The van der Waals surface area contributed by atoms with E-state index in [1.807, 2.05) is 0 Å². The first kappa shape index (κ1) is 17.7. The zero-order valence-corrected chi connectivity index (χ0v) is 15.0. The predicted octanol–water partition coefficient (Wildman–Crippen LogP) is 6.02. The molecule has 0 saturated heterocycles. The molecule has 0 atom stereocenters. The van der Waals surface area contributed by atoms with Crippen LogP contribution in [0.25, 0.3) is 4.91 Å². The fourth-order valence-electron chi connectivity index (χ4n) is 2.20. The maximum atomic E-state index is 4.57. The van der Waals surface area contributed by atoms with E-state index in [0.717, 1.165) is 29.6 Å². The van der Waals surface area contributed by atoms with E-state index < -0.39 is 0 Å². The zero-order chi connectivity index (χ0) is 15.1. The van der Waals surface area contributed by atoms with E-state index in [2.05, 4.69) is 71.2 Å². The number of benzene rings is 1. The summed E-state index contributed by atoms with van der Waals surface area (Å²) in [5, 5.41) is 1.80. The highest BCUT2D eigenvalue weighted by Crippen LogP contribution is 2.27. The molecule has 2 heteroatoms. The van der Waals surface area contributed by atoms with Crippen molar-refractivity contribution in [1.29, 1.82) is 0 Å². The molecular weight excluding hydrogens is 280 g/mol. The Hall–Kier alpha value is -0.340. The first-order valence-electron chi connectivity index (χ1n) is 7.59. The van der Waals surface area contributed by atoms with E-state index in [9.17, 15) is 0 Å². The maximum Gasteiger partial charge on any atom is 0.0176 e. The first-order chi connectivity index (χ1) is 9.43. The van der Waals surface area contributed by atoms with Gasteiger partial charge in [-0.2, -0.15) is 12.6 Å². The molecule has 0 spiro atoms. The maximum absolute atomic E-state index is 4.57. The predicted molar refractivity (Wildman–Crippen MR) is 98.7 cm³/mol. The van der Waals surface area contributed by atoms with Crippen molar-refractivity contribution in [3.63, 3.8) is 0 Å². The van der Waals surface area contributed by atoms with Gasteiger partial charge in [0.1, 0.15) is 0 Å². The van der Waals surface area contributed by atoms with Crippen LogP contribution in [0.1, 0.15) is 57.2 Å². The van der Waals surface area contributed by atoms with Crippen molar-refractivity contribution in [3.05, 3.63) is 40.3 Å². The van der Waals surface area contributed by atoms with Crippen LogP contribution in [0.2, 0.25) is 0 Å². The third kappa shape index (κ3) is 5.97. The lowest BCUT2D eigenvalue weighted by atomic mass is 9.94. The Kier molecular flexibility index (Phi) is 7.83. The van der Waals surface area contributed by atoms with Crippen molar-refractivity contribution in [2.24, 2.45) is 11.8 Å². The zero-order valence-electron chi connectivity index (χ0n) is 13.2. The summed E-state index contributed by atoms with van der Waals surface area (Å²) in [6.07, 6.45) is 4.70. The molecular formula is C18H28S2. The lowest BCUT2D eigenvalue weighted by molar-refractivity contribution is 0.583. The van der Waals surface area contributed by atoms with Gasteiger partial charge in [0.25, 0.3) is 0 Å². The molecule has 1 aromatic rings. The lowest BCUT2D eigenvalue weighted by Crippen LogP contribution is -1.99. The van der Waals surface area contributed by atoms with Crippen molar-refractivity contribution in [3.8, 4) is 0 Å². The Balaban J connectivity index is 2.94. The van der Waals surface area contributed by atoms with Crippen LogP contribution in [-0.2, 0) is 12.8 Å². The molecule has 0 N–H and O–H groups in total.